The lowest BCUT2D eigenvalue weighted by Crippen LogP contribution is -2.03. The quantitative estimate of drug-likeness (QED) is 0.880. The molecule has 94 valence electrons. The van der Waals surface area contributed by atoms with Gasteiger partial charge in [-0.2, -0.15) is 0 Å². The molecule has 0 bridgehead atoms. The Bertz CT molecular complexity index is 572. The van der Waals surface area contributed by atoms with Crippen LogP contribution in [0.15, 0.2) is 40.9 Å². The third-order valence-electron chi connectivity index (χ3n) is 2.42. The van der Waals surface area contributed by atoms with Crippen LogP contribution in [0.3, 0.4) is 0 Å². The van der Waals surface area contributed by atoms with Gasteiger partial charge in [-0.25, -0.2) is 13.2 Å². The van der Waals surface area contributed by atoms with Gasteiger partial charge in [-0.1, -0.05) is 12.1 Å². The summed E-state index contributed by atoms with van der Waals surface area (Å²) in [4.78, 5) is 0. The monoisotopic (exact) mass is 315 g/mol. The summed E-state index contributed by atoms with van der Waals surface area (Å²) in [6.07, 6.45) is 0. The van der Waals surface area contributed by atoms with Crippen LogP contribution < -0.4 is 5.32 Å². The van der Waals surface area contributed by atoms with Gasteiger partial charge in [0, 0.05) is 6.54 Å². The van der Waals surface area contributed by atoms with Crippen LogP contribution in [0.2, 0.25) is 0 Å². The molecule has 2 aromatic rings. The van der Waals surface area contributed by atoms with Gasteiger partial charge in [-0.15, -0.1) is 0 Å². The third kappa shape index (κ3) is 2.85. The van der Waals surface area contributed by atoms with Crippen molar-refractivity contribution in [3.8, 4) is 0 Å². The predicted octanol–water partition coefficient (Wildman–Crippen LogP) is 4.48. The molecule has 0 saturated heterocycles. The highest BCUT2D eigenvalue weighted by Gasteiger charge is 2.07. The number of benzene rings is 2. The number of anilines is 1. The molecule has 5 heteroatoms. The molecule has 2 rings (SSSR count). The molecule has 0 aliphatic heterocycles. The standard InChI is InChI=1S/C13H9BrF3N/c14-9-5-4-8(6-11(9)16)7-18-12-3-1-2-10(15)13(12)17/h1-6,18H,7H2. The molecule has 0 atom stereocenters. The molecule has 0 unspecified atom stereocenters. The molecule has 0 saturated carbocycles. The zero-order chi connectivity index (χ0) is 13.1. The van der Waals surface area contributed by atoms with E-state index in [1.165, 1.54) is 18.2 Å². The maximum Gasteiger partial charge on any atom is 0.181 e. The summed E-state index contributed by atoms with van der Waals surface area (Å²) >= 11 is 3.04. The SMILES string of the molecule is Fc1cc(CNc2cccc(F)c2F)ccc1Br. The highest BCUT2D eigenvalue weighted by Crippen LogP contribution is 2.19. The average molecular weight is 316 g/mol. The fraction of sp³-hybridized carbons (Fsp3) is 0.0769. The first kappa shape index (κ1) is 13.0. The molecule has 18 heavy (non-hydrogen) atoms. The van der Waals surface area contributed by atoms with E-state index in [1.807, 2.05) is 0 Å². The first-order valence-electron chi connectivity index (χ1n) is 5.20. The van der Waals surface area contributed by atoms with E-state index < -0.39 is 17.5 Å². The van der Waals surface area contributed by atoms with E-state index in [9.17, 15) is 13.2 Å². The van der Waals surface area contributed by atoms with Crippen molar-refractivity contribution >= 4 is 21.6 Å². The number of nitrogens with one attached hydrogen (secondary N) is 1. The molecular weight excluding hydrogens is 307 g/mol. The van der Waals surface area contributed by atoms with E-state index in [0.717, 1.165) is 6.07 Å². The molecule has 0 aromatic heterocycles. The van der Waals surface area contributed by atoms with Gasteiger partial charge in [0.15, 0.2) is 11.6 Å². The zero-order valence-corrected chi connectivity index (χ0v) is 10.8. The zero-order valence-electron chi connectivity index (χ0n) is 9.18. The molecule has 0 amide bonds. The Kier molecular flexibility index (Phi) is 3.91. The second-order valence-electron chi connectivity index (χ2n) is 3.70. The van der Waals surface area contributed by atoms with E-state index in [-0.39, 0.29) is 12.2 Å². The van der Waals surface area contributed by atoms with Crippen molar-refractivity contribution in [3.63, 3.8) is 0 Å². The topological polar surface area (TPSA) is 12.0 Å². The van der Waals surface area contributed by atoms with E-state index >= 15 is 0 Å². The molecule has 0 fully saturated rings. The molecule has 0 radical (unpaired) electrons. The highest BCUT2D eigenvalue weighted by atomic mass is 79.9. The maximum atomic E-state index is 13.3. The van der Waals surface area contributed by atoms with Gasteiger partial charge in [0.2, 0.25) is 0 Å². The van der Waals surface area contributed by atoms with Gasteiger partial charge < -0.3 is 5.32 Å². The Balaban J connectivity index is 2.11. The lowest BCUT2D eigenvalue weighted by molar-refractivity contribution is 0.511. The van der Waals surface area contributed by atoms with Gasteiger partial charge in [-0.3, -0.25) is 0 Å². The van der Waals surface area contributed by atoms with E-state index in [4.69, 9.17) is 0 Å². The normalized spacial score (nSPS) is 10.4. The van der Waals surface area contributed by atoms with Crippen molar-refractivity contribution in [2.75, 3.05) is 5.32 Å². The van der Waals surface area contributed by atoms with Crippen molar-refractivity contribution < 1.29 is 13.2 Å². The first-order valence-corrected chi connectivity index (χ1v) is 5.99. The summed E-state index contributed by atoms with van der Waals surface area (Å²) in [5.74, 6) is -2.24. The summed E-state index contributed by atoms with van der Waals surface area (Å²) in [5, 5.41) is 2.72. The fourth-order valence-corrected chi connectivity index (χ4v) is 1.73. The summed E-state index contributed by atoms with van der Waals surface area (Å²) in [5.41, 5.74) is 0.692. The van der Waals surface area contributed by atoms with E-state index in [1.54, 1.807) is 12.1 Å². The molecule has 0 spiro atoms. The van der Waals surface area contributed by atoms with Crippen LogP contribution in [-0.2, 0) is 6.54 Å². The van der Waals surface area contributed by atoms with Crippen LogP contribution in [0.4, 0.5) is 18.9 Å². The summed E-state index contributed by atoms with van der Waals surface area (Å²) < 4.78 is 39.9. The number of hydrogen-bond donors (Lipinski definition) is 1. The summed E-state index contributed by atoms with van der Waals surface area (Å²) in [7, 11) is 0. The summed E-state index contributed by atoms with van der Waals surface area (Å²) in [6, 6.07) is 8.45. The van der Waals surface area contributed by atoms with Crippen LogP contribution in [0.25, 0.3) is 0 Å². The molecule has 1 N–H and O–H groups in total. The maximum absolute atomic E-state index is 13.3. The molecule has 0 heterocycles. The lowest BCUT2D eigenvalue weighted by Gasteiger charge is -2.08. The minimum absolute atomic E-state index is 0.0540. The van der Waals surface area contributed by atoms with E-state index in [0.29, 0.717) is 10.0 Å². The van der Waals surface area contributed by atoms with Gasteiger partial charge in [0.05, 0.1) is 10.2 Å². The molecular formula is C13H9BrF3N. The number of halogens is 4. The number of hydrogen-bond acceptors (Lipinski definition) is 1. The van der Waals surface area contributed by atoms with Crippen LogP contribution in [0.5, 0.6) is 0 Å². The van der Waals surface area contributed by atoms with Crippen molar-refractivity contribution in [1.29, 1.82) is 0 Å². The second-order valence-corrected chi connectivity index (χ2v) is 4.56. The minimum Gasteiger partial charge on any atom is -0.379 e. The minimum atomic E-state index is -0.935. The van der Waals surface area contributed by atoms with Crippen LogP contribution in [0.1, 0.15) is 5.56 Å². The van der Waals surface area contributed by atoms with Crippen LogP contribution in [0, 0.1) is 17.5 Å². The first-order chi connectivity index (χ1) is 8.58. The van der Waals surface area contributed by atoms with Gasteiger partial charge in [0.1, 0.15) is 5.82 Å². The third-order valence-corrected chi connectivity index (χ3v) is 3.06. The summed E-state index contributed by atoms with van der Waals surface area (Å²) in [6.45, 7) is 0.213. The van der Waals surface area contributed by atoms with Crippen molar-refractivity contribution in [1.82, 2.24) is 0 Å². The van der Waals surface area contributed by atoms with Gasteiger partial charge in [-0.05, 0) is 45.8 Å². The average Bonchev–Trinajstić information content (AvgIpc) is 2.35. The van der Waals surface area contributed by atoms with Gasteiger partial charge >= 0.3 is 0 Å². The Morgan fingerprint density at radius 1 is 1.00 bits per heavy atom. The predicted molar refractivity (Wildman–Crippen MR) is 67.8 cm³/mol. The molecule has 0 aliphatic rings. The Morgan fingerprint density at radius 3 is 2.50 bits per heavy atom. The molecule has 2 aromatic carbocycles. The van der Waals surface area contributed by atoms with Gasteiger partial charge in [0.25, 0.3) is 0 Å². The fourth-order valence-electron chi connectivity index (χ4n) is 1.49. The van der Waals surface area contributed by atoms with Crippen LogP contribution >= 0.6 is 15.9 Å². The number of rotatable bonds is 3. The van der Waals surface area contributed by atoms with Crippen molar-refractivity contribution in [3.05, 3.63) is 63.9 Å². The van der Waals surface area contributed by atoms with Crippen molar-refractivity contribution in [2.24, 2.45) is 0 Å². The Hall–Kier alpha value is -1.49. The van der Waals surface area contributed by atoms with Crippen LogP contribution in [-0.4, -0.2) is 0 Å². The second kappa shape index (κ2) is 5.44. The largest absolute Gasteiger partial charge is 0.379 e. The lowest BCUT2D eigenvalue weighted by atomic mass is 10.2. The molecule has 0 aliphatic carbocycles. The highest BCUT2D eigenvalue weighted by molar-refractivity contribution is 9.10. The molecule has 1 nitrogen and oxygen atoms in total. The Morgan fingerprint density at radius 2 is 1.78 bits per heavy atom. The smallest absolute Gasteiger partial charge is 0.181 e. The van der Waals surface area contributed by atoms with Crippen molar-refractivity contribution in [2.45, 2.75) is 6.54 Å². The Labute approximate surface area is 111 Å². The van der Waals surface area contributed by atoms with E-state index in [2.05, 4.69) is 21.2 Å².